The van der Waals surface area contributed by atoms with E-state index in [1.54, 1.807) is 55.5 Å². The van der Waals surface area contributed by atoms with E-state index in [9.17, 15) is 13.2 Å². The number of rotatable bonds is 7. The van der Waals surface area contributed by atoms with Gasteiger partial charge in [-0.3, -0.25) is 9.10 Å². The maximum Gasteiger partial charge on any atom is 0.268 e. The predicted octanol–water partition coefficient (Wildman–Crippen LogP) is 4.23. The monoisotopic (exact) mass is 496 g/mol. The Labute approximate surface area is 205 Å². The highest BCUT2D eigenvalue weighted by atomic mass is 32.2. The van der Waals surface area contributed by atoms with Crippen LogP contribution in [0.2, 0.25) is 0 Å². The number of sulfonamides is 1. The Morgan fingerprint density at radius 2 is 1.69 bits per heavy atom. The molecule has 0 radical (unpaired) electrons. The summed E-state index contributed by atoms with van der Waals surface area (Å²) in [6.45, 7) is 6.08. The van der Waals surface area contributed by atoms with E-state index in [0.717, 1.165) is 21.0 Å². The number of nitrogens with zero attached hydrogens (tertiary/aromatic N) is 1. The van der Waals surface area contributed by atoms with Gasteiger partial charge >= 0.3 is 0 Å². The molecule has 3 aromatic rings. The number of carbonyl (C=O) groups is 1. The molecule has 35 heavy (non-hydrogen) atoms. The molecule has 1 N–H and O–H groups in total. The minimum Gasteiger partial charge on any atom is -0.495 e. The Hall–Kier alpha value is -3.72. The number of fused-ring (bicyclic) bond motifs is 1. The lowest BCUT2D eigenvalue weighted by atomic mass is 10.1. The summed E-state index contributed by atoms with van der Waals surface area (Å²) in [6, 6.07) is 15.3. The van der Waals surface area contributed by atoms with Gasteiger partial charge in [0, 0.05) is 11.8 Å². The van der Waals surface area contributed by atoms with E-state index in [0.29, 0.717) is 36.1 Å². The zero-order valence-electron chi connectivity index (χ0n) is 20.1. The van der Waals surface area contributed by atoms with Crippen molar-refractivity contribution in [2.24, 2.45) is 0 Å². The van der Waals surface area contributed by atoms with Crippen LogP contribution in [0.15, 0.2) is 59.5 Å². The lowest BCUT2D eigenvalue weighted by Crippen LogP contribution is -2.38. The molecule has 3 aromatic carbocycles. The lowest BCUT2D eigenvalue weighted by molar-refractivity contribution is -0.114. The topological polar surface area (TPSA) is 94.2 Å². The Balaban J connectivity index is 1.69. The molecule has 1 aliphatic rings. The van der Waals surface area contributed by atoms with Crippen molar-refractivity contribution in [3.63, 3.8) is 0 Å². The van der Waals surface area contributed by atoms with Crippen molar-refractivity contribution in [2.75, 3.05) is 36.5 Å². The quantitative estimate of drug-likeness (QED) is 0.526. The molecule has 1 amide bonds. The fourth-order valence-corrected chi connectivity index (χ4v) is 5.41. The van der Waals surface area contributed by atoms with E-state index in [2.05, 4.69) is 5.32 Å². The van der Waals surface area contributed by atoms with Crippen LogP contribution in [0.5, 0.6) is 17.2 Å². The highest BCUT2D eigenvalue weighted by molar-refractivity contribution is 7.93. The largest absolute Gasteiger partial charge is 0.495 e. The smallest absolute Gasteiger partial charge is 0.268 e. The van der Waals surface area contributed by atoms with Crippen LogP contribution >= 0.6 is 0 Å². The van der Waals surface area contributed by atoms with Crippen molar-refractivity contribution < 1.29 is 27.4 Å². The number of hydrogen-bond donors (Lipinski definition) is 1. The Morgan fingerprint density at radius 1 is 0.943 bits per heavy atom. The van der Waals surface area contributed by atoms with Gasteiger partial charge in [-0.05, 0) is 73.9 Å². The first-order chi connectivity index (χ1) is 16.7. The zero-order valence-corrected chi connectivity index (χ0v) is 20.9. The summed E-state index contributed by atoms with van der Waals surface area (Å²) in [7, 11) is -2.73. The molecule has 9 heteroatoms. The van der Waals surface area contributed by atoms with Crippen molar-refractivity contribution in [1.29, 1.82) is 0 Å². The summed E-state index contributed by atoms with van der Waals surface area (Å²) < 4.78 is 45.3. The first-order valence-electron chi connectivity index (χ1n) is 11.1. The average molecular weight is 497 g/mol. The van der Waals surface area contributed by atoms with Crippen LogP contribution in [0.3, 0.4) is 0 Å². The Bertz CT molecular complexity index is 1370. The highest BCUT2D eigenvalue weighted by Crippen LogP contribution is 2.34. The van der Waals surface area contributed by atoms with Gasteiger partial charge in [-0.1, -0.05) is 12.1 Å². The highest BCUT2D eigenvalue weighted by Gasteiger charge is 2.30. The normalized spacial score (nSPS) is 12.7. The van der Waals surface area contributed by atoms with Gasteiger partial charge in [-0.2, -0.15) is 0 Å². The molecule has 0 saturated heterocycles. The van der Waals surface area contributed by atoms with Gasteiger partial charge in [0.15, 0.2) is 11.5 Å². The molecule has 0 aliphatic carbocycles. The van der Waals surface area contributed by atoms with E-state index in [4.69, 9.17) is 14.2 Å². The molecule has 0 aromatic heterocycles. The number of ether oxygens (including phenoxy) is 3. The van der Waals surface area contributed by atoms with Crippen molar-refractivity contribution >= 4 is 27.3 Å². The molecule has 4 rings (SSSR count). The molecule has 0 bridgehead atoms. The Kier molecular flexibility index (Phi) is 6.88. The van der Waals surface area contributed by atoms with Gasteiger partial charge in [-0.25, -0.2) is 8.42 Å². The number of amides is 1. The van der Waals surface area contributed by atoms with Crippen LogP contribution in [0.4, 0.5) is 11.4 Å². The van der Waals surface area contributed by atoms with E-state index < -0.39 is 22.5 Å². The second-order valence-electron chi connectivity index (χ2n) is 8.34. The number of methoxy groups -OCH3 is 1. The number of anilines is 2. The maximum atomic E-state index is 13.9. The van der Waals surface area contributed by atoms with Crippen LogP contribution < -0.4 is 23.8 Å². The van der Waals surface area contributed by atoms with Crippen LogP contribution in [-0.2, 0) is 14.8 Å². The van der Waals surface area contributed by atoms with Gasteiger partial charge in [0.05, 0.1) is 12.8 Å². The van der Waals surface area contributed by atoms with Gasteiger partial charge in [0.1, 0.15) is 30.4 Å². The first kappa shape index (κ1) is 24.4. The second-order valence-corrected chi connectivity index (χ2v) is 10.2. The van der Waals surface area contributed by atoms with Gasteiger partial charge in [-0.15, -0.1) is 0 Å². The van der Waals surface area contributed by atoms with Crippen LogP contribution in [0.1, 0.15) is 16.7 Å². The summed E-state index contributed by atoms with van der Waals surface area (Å²) in [4.78, 5) is 13.1. The fourth-order valence-electron chi connectivity index (χ4n) is 3.75. The summed E-state index contributed by atoms with van der Waals surface area (Å²) >= 11 is 0. The van der Waals surface area contributed by atoms with Crippen LogP contribution in [0, 0.1) is 20.8 Å². The third kappa shape index (κ3) is 5.19. The van der Waals surface area contributed by atoms with Crippen molar-refractivity contribution in [2.45, 2.75) is 25.7 Å². The van der Waals surface area contributed by atoms with Gasteiger partial charge in [0.2, 0.25) is 5.91 Å². The van der Waals surface area contributed by atoms with Crippen molar-refractivity contribution in [1.82, 2.24) is 0 Å². The summed E-state index contributed by atoms with van der Waals surface area (Å²) in [5.74, 6) is 0.823. The number of hydrogen-bond acceptors (Lipinski definition) is 6. The van der Waals surface area contributed by atoms with E-state index in [-0.39, 0.29) is 10.6 Å². The molecular formula is C26H28N2O6S. The van der Waals surface area contributed by atoms with Gasteiger partial charge in [0.25, 0.3) is 10.0 Å². The van der Waals surface area contributed by atoms with E-state index in [1.807, 2.05) is 19.9 Å². The molecule has 0 atom stereocenters. The van der Waals surface area contributed by atoms with E-state index in [1.165, 1.54) is 7.11 Å². The molecule has 1 heterocycles. The molecule has 184 valence electrons. The molecular weight excluding hydrogens is 468 g/mol. The summed E-state index contributed by atoms with van der Waals surface area (Å²) in [6.07, 6.45) is 0. The predicted molar refractivity (Wildman–Crippen MR) is 134 cm³/mol. The third-order valence-electron chi connectivity index (χ3n) is 5.78. The van der Waals surface area contributed by atoms with Gasteiger partial charge < -0.3 is 19.5 Å². The second kappa shape index (κ2) is 9.87. The molecule has 1 aliphatic heterocycles. The maximum absolute atomic E-state index is 13.9. The number of carbonyl (C=O) groups excluding carboxylic acids is 1. The molecule has 0 fully saturated rings. The number of benzene rings is 3. The van der Waals surface area contributed by atoms with Crippen LogP contribution in [0.25, 0.3) is 0 Å². The standard InChI is InChI=1S/C26H28N2O6S/c1-17-5-9-23(32-4)25(13-17)35(30,31)28(21-8-6-18(2)19(3)14-21)16-26(29)27-20-7-10-22-24(15-20)34-12-11-33-22/h5-10,13-15H,11-12,16H2,1-4H3,(H,27,29). The van der Waals surface area contributed by atoms with Crippen molar-refractivity contribution in [3.05, 3.63) is 71.3 Å². The fraction of sp³-hybridized carbons (Fsp3) is 0.269. The molecule has 0 unspecified atom stereocenters. The zero-order chi connectivity index (χ0) is 25.2. The molecule has 8 nitrogen and oxygen atoms in total. The van der Waals surface area contributed by atoms with Crippen LogP contribution in [-0.4, -0.2) is 41.2 Å². The minimum absolute atomic E-state index is 0.00893. The third-order valence-corrected chi connectivity index (χ3v) is 7.57. The molecule has 0 saturated carbocycles. The summed E-state index contributed by atoms with van der Waals surface area (Å²) in [5, 5.41) is 2.77. The summed E-state index contributed by atoms with van der Waals surface area (Å²) in [5.41, 5.74) is 3.54. The average Bonchev–Trinajstić information content (AvgIpc) is 2.84. The first-order valence-corrected chi connectivity index (χ1v) is 12.6. The SMILES string of the molecule is COc1ccc(C)cc1S(=O)(=O)N(CC(=O)Nc1ccc2c(c1)OCCO2)c1ccc(C)c(C)c1. The number of aryl methyl sites for hydroxylation is 3. The lowest BCUT2D eigenvalue weighted by Gasteiger charge is -2.26. The minimum atomic E-state index is -4.15. The molecule has 0 spiro atoms. The Morgan fingerprint density at radius 3 is 2.40 bits per heavy atom. The van der Waals surface area contributed by atoms with E-state index >= 15 is 0 Å². The number of nitrogens with one attached hydrogen (secondary N) is 1. The van der Waals surface area contributed by atoms with Crippen molar-refractivity contribution in [3.8, 4) is 17.2 Å².